The smallest absolute Gasteiger partial charge is 0.0698 e. The molecule has 0 spiro atoms. The van der Waals surface area contributed by atoms with Gasteiger partial charge in [-0.25, -0.2) is 0 Å². The first-order valence-electron chi connectivity index (χ1n) is 5.40. The number of aromatic nitrogens is 2. The highest BCUT2D eigenvalue weighted by molar-refractivity contribution is 4.86. The lowest BCUT2D eigenvalue weighted by Crippen LogP contribution is -2.46. The number of ether oxygens (including phenoxy) is 1. The highest BCUT2D eigenvalue weighted by atomic mass is 16.5. The third-order valence-electron chi connectivity index (χ3n) is 2.79. The summed E-state index contributed by atoms with van der Waals surface area (Å²) >= 11 is 0. The van der Waals surface area contributed by atoms with Gasteiger partial charge >= 0.3 is 0 Å². The predicted molar refractivity (Wildman–Crippen MR) is 57.6 cm³/mol. The molecule has 1 aliphatic rings. The number of morpholine rings is 1. The Morgan fingerprint density at radius 3 is 2.73 bits per heavy atom. The van der Waals surface area contributed by atoms with Gasteiger partial charge in [0.2, 0.25) is 0 Å². The third-order valence-corrected chi connectivity index (χ3v) is 2.79. The van der Waals surface area contributed by atoms with Gasteiger partial charge in [0, 0.05) is 31.9 Å². The van der Waals surface area contributed by atoms with Gasteiger partial charge in [0.05, 0.1) is 24.9 Å². The quantitative estimate of drug-likeness (QED) is 0.734. The highest BCUT2D eigenvalue weighted by Gasteiger charge is 2.24. The van der Waals surface area contributed by atoms with E-state index in [1.807, 2.05) is 10.9 Å². The normalized spacial score (nSPS) is 19.3. The first-order chi connectivity index (χ1) is 7.18. The van der Waals surface area contributed by atoms with Crippen LogP contribution in [-0.2, 0) is 10.3 Å². The Morgan fingerprint density at radius 2 is 2.13 bits per heavy atom. The molecule has 1 fully saturated rings. The van der Waals surface area contributed by atoms with E-state index >= 15 is 0 Å². The molecular formula is C11H18N3O. The van der Waals surface area contributed by atoms with Gasteiger partial charge in [-0.3, -0.25) is 9.58 Å². The van der Waals surface area contributed by atoms with Gasteiger partial charge in [-0.1, -0.05) is 0 Å². The average molecular weight is 208 g/mol. The second kappa shape index (κ2) is 4.33. The zero-order valence-electron chi connectivity index (χ0n) is 9.44. The summed E-state index contributed by atoms with van der Waals surface area (Å²) in [4.78, 5) is 2.42. The molecule has 0 unspecified atom stereocenters. The molecule has 4 nitrogen and oxygen atoms in total. The minimum Gasteiger partial charge on any atom is -0.379 e. The van der Waals surface area contributed by atoms with Crippen LogP contribution >= 0.6 is 0 Å². The second-order valence-corrected chi connectivity index (χ2v) is 4.59. The summed E-state index contributed by atoms with van der Waals surface area (Å²) in [5.41, 5.74) is 0.0251. The van der Waals surface area contributed by atoms with Crippen molar-refractivity contribution in [1.82, 2.24) is 14.7 Å². The molecule has 2 rings (SSSR count). The van der Waals surface area contributed by atoms with Crippen LogP contribution in [0, 0.1) is 6.07 Å². The molecule has 0 aliphatic carbocycles. The Hall–Kier alpha value is -0.870. The van der Waals surface area contributed by atoms with E-state index in [2.05, 4.69) is 29.9 Å². The molecule has 0 amide bonds. The van der Waals surface area contributed by atoms with Crippen LogP contribution in [0.4, 0.5) is 0 Å². The molecule has 4 heteroatoms. The third kappa shape index (κ3) is 2.58. The molecule has 0 bridgehead atoms. The van der Waals surface area contributed by atoms with Gasteiger partial charge < -0.3 is 4.74 Å². The number of nitrogens with zero attached hydrogens (tertiary/aromatic N) is 3. The average Bonchev–Trinajstić information content (AvgIpc) is 2.71. The largest absolute Gasteiger partial charge is 0.379 e. The topological polar surface area (TPSA) is 30.3 Å². The minimum absolute atomic E-state index is 0.0251. The van der Waals surface area contributed by atoms with Crippen molar-refractivity contribution >= 4 is 0 Å². The van der Waals surface area contributed by atoms with E-state index in [-0.39, 0.29) is 5.54 Å². The first kappa shape index (κ1) is 10.6. The van der Waals surface area contributed by atoms with Crippen molar-refractivity contribution in [2.24, 2.45) is 0 Å². The van der Waals surface area contributed by atoms with Crippen molar-refractivity contribution < 1.29 is 4.74 Å². The van der Waals surface area contributed by atoms with Crippen molar-refractivity contribution in [1.29, 1.82) is 0 Å². The number of rotatable bonds is 3. The van der Waals surface area contributed by atoms with E-state index in [0.717, 1.165) is 32.8 Å². The number of hydrogen-bond donors (Lipinski definition) is 0. The Labute approximate surface area is 90.8 Å². The molecule has 1 aliphatic heterocycles. The van der Waals surface area contributed by atoms with Crippen LogP contribution < -0.4 is 0 Å². The van der Waals surface area contributed by atoms with Gasteiger partial charge in [0.1, 0.15) is 0 Å². The monoisotopic (exact) mass is 208 g/mol. The van der Waals surface area contributed by atoms with E-state index in [9.17, 15) is 0 Å². The van der Waals surface area contributed by atoms with Crippen molar-refractivity contribution in [3.8, 4) is 0 Å². The summed E-state index contributed by atoms with van der Waals surface area (Å²) in [7, 11) is 0. The maximum atomic E-state index is 5.33. The zero-order valence-corrected chi connectivity index (χ0v) is 9.44. The lowest BCUT2D eigenvalue weighted by molar-refractivity contribution is 0.0213. The molecular weight excluding hydrogens is 190 g/mol. The van der Waals surface area contributed by atoms with Crippen molar-refractivity contribution in [2.75, 3.05) is 32.8 Å². The molecule has 0 saturated carbocycles. The molecule has 1 radical (unpaired) electrons. The van der Waals surface area contributed by atoms with Crippen LogP contribution in [-0.4, -0.2) is 47.5 Å². The van der Waals surface area contributed by atoms with Gasteiger partial charge in [0.25, 0.3) is 0 Å². The van der Waals surface area contributed by atoms with Gasteiger partial charge in [-0.15, -0.1) is 0 Å². The fourth-order valence-electron chi connectivity index (χ4n) is 1.94. The van der Waals surface area contributed by atoms with E-state index in [4.69, 9.17) is 4.74 Å². The minimum atomic E-state index is 0.0251. The standard InChI is InChI=1S/C11H18N3O/c1-11(2,14-5-3-4-12-14)10-13-6-8-15-9-7-13/h4-5H,6-10H2,1-2H3. The van der Waals surface area contributed by atoms with Crippen LogP contribution in [0.3, 0.4) is 0 Å². The molecule has 0 atom stereocenters. The van der Waals surface area contributed by atoms with Gasteiger partial charge in [-0.05, 0) is 13.8 Å². The predicted octanol–water partition coefficient (Wildman–Crippen LogP) is 0.751. The molecule has 0 aromatic carbocycles. The maximum absolute atomic E-state index is 5.33. The lowest BCUT2D eigenvalue weighted by atomic mass is 10.1. The molecule has 1 aromatic heterocycles. The summed E-state index contributed by atoms with van der Waals surface area (Å²) in [6.07, 6.45) is 3.61. The summed E-state index contributed by atoms with van der Waals surface area (Å²) in [5, 5.41) is 4.26. The van der Waals surface area contributed by atoms with E-state index in [0.29, 0.717) is 0 Å². The molecule has 83 valence electrons. The Morgan fingerprint density at radius 1 is 1.40 bits per heavy atom. The Kier molecular flexibility index (Phi) is 3.07. The number of hydrogen-bond acceptors (Lipinski definition) is 3. The zero-order chi connectivity index (χ0) is 10.7. The molecule has 1 aromatic rings. The molecule has 15 heavy (non-hydrogen) atoms. The van der Waals surface area contributed by atoms with E-state index in [1.165, 1.54) is 0 Å². The van der Waals surface area contributed by atoms with Gasteiger partial charge in [-0.2, -0.15) is 5.10 Å². The molecule has 0 N–H and O–H groups in total. The molecule has 1 saturated heterocycles. The van der Waals surface area contributed by atoms with Gasteiger partial charge in [0.15, 0.2) is 0 Å². The van der Waals surface area contributed by atoms with Crippen LogP contribution in [0.15, 0.2) is 12.4 Å². The fourth-order valence-corrected chi connectivity index (χ4v) is 1.94. The van der Waals surface area contributed by atoms with Crippen LogP contribution in [0.1, 0.15) is 13.8 Å². The van der Waals surface area contributed by atoms with Crippen molar-refractivity contribution in [3.05, 3.63) is 18.5 Å². The summed E-state index contributed by atoms with van der Waals surface area (Å²) < 4.78 is 7.31. The molecule has 2 heterocycles. The summed E-state index contributed by atoms with van der Waals surface area (Å²) in [5.74, 6) is 0. The Balaban J connectivity index is 1.97. The maximum Gasteiger partial charge on any atom is 0.0698 e. The second-order valence-electron chi connectivity index (χ2n) is 4.59. The van der Waals surface area contributed by atoms with Crippen molar-refractivity contribution in [2.45, 2.75) is 19.4 Å². The fraction of sp³-hybridized carbons (Fsp3) is 0.727. The summed E-state index contributed by atoms with van der Waals surface area (Å²) in [6, 6.07) is 2.98. The van der Waals surface area contributed by atoms with Crippen molar-refractivity contribution in [3.63, 3.8) is 0 Å². The van der Waals surface area contributed by atoms with E-state index < -0.39 is 0 Å². The summed E-state index contributed by atoms with van der Waals surface area (Å²) in [6.45, 7) is 9.14. The highest BCUT2D eigenvalue weighted by Crippen LogP contribution is 2.15. The van der Waals surface area contributed by atoms with E-state index in [1.54, 1.807) is 6.20 Å². The van der Waals surface area contributed by atoms with Crippen LogP contribution in [0.25, 0.3) is 0 Å². The first-order valence-corrected chi connectivity index (χ1v) is 5.40. The Bertz CT molecular complexity index is 289. The SMILES string of the molecule is CC(C)(CN1CCOCC1)n1c[c]cn1. The van der Waals surface area contributed by atoms with Crippen LogP contribution in [0.2, 0.25) is 0 Å². The van der Waals surface area contributed by atoms with Crippen LogP contribution in [0.5, 0.6) is 0 Å². The lowest BCUT2D eigenvalue weighted by Gasteiger charge is -2.34.